The number of carbonyl (C=O) groups is 2. The van der Waals surface area contributed by atoms with E-state index in [0.717, 1.165) is 24.1 Å². The van der Waals surface area contributed by atoms with Gasteiger partial charge < -0.3 is 10.4 Å². The number of carbonyl (C=O) groups excluding carboxylic acids is 1. The minimum Gasteiger partial charge on any atom is -0.480 e. The summed E-state index contributed by atoms with van der Waals surface area (Å²) in [6.07, 6.45) is 4.86. The van der Waals surface area contributed by atoms with Crippen molar-refractivity contribution in [3.63, 3.8) is 0 Å². The molecule has 138 valence electrons. The SMILES string of the molecule is CCN(CC(=O)O)C1CC(NC(=O)c2cnn(-c3ccccc3C)c2)C1. The molecule has 0 saturated heterocycles. The lowest BCUT2D eigenvalue weighted by molar-refractivity contribution is -0.139. The predicted molar refractivity (Wildman–Crippen MR) is 97.5 cm³/mol. The van der Waals surface area contributed by atoms with E-state index < -0.39 is 5.97 Å². The molecule has 0 spiro atoms. The first-order valence-electron chi connectivity index (χ1n) is 8.85. The summed E-state index contributed by atoms with van der Waals surface area (Å²) < 4.78 is 1.71. The molecule has 2 aromatic rings. The lowest BCUT2D eigenvalue weighted by Gasteiger charge is -2.42. The number of carboxylic acid groups (broad SMARTS) is 1. The molecule has 0 unspecified atom stereocenters. The molecular weight excluding hydrogens is 332 g/mol. The predicted octanol–water partition coefficient (Wildman–Crippen LogP) is 1.85. The maximum Gasteiger partial charge on any atom is 0.317 e. The molecule has 7 nitrogen and oxygen atoms in total. The molecule has 1 aliphatic rings. The van der Waals surface area contributed by atoms with Crippen LogP contribution in [0.3, 0.4) is 0 Å². The molecule has 0 aliphatic heterocycles. The van der Waals surface area contributed by atoms with Crippen molar-refractivity contribution in [3.8, 4) is 5.69 Å². The maximum atomic E-state index is 12.4. The molecule has 0 atom stereocenters. The average Bonchev–Trinajstić information content (AvgIpc) is 3.06. The van der Waals surface area contributed by atoms with Crippen molar-refractivity contribution in [2.45, 2.75) is 38.8 Å². The van der Waals surface area contributed by atoms with E-state index in [4.69, 9.17) is 5.11 Å². The summed E-state index contributed by atoms with van der Waals surface area (Å²) in [6, 6.07) is 8.17. The third-order valence-electron chi connectivity index (χ3n) is 4.92. The Morgan fingerprint density at radius 1 is 1.35 bits per heavy atom. The molecular formula is C19H24N4O3. The summed E-state index contributed by atoms with van der Waals surface area (Å²) in [4.78, 5) is 25.2. The molecule has 1 amide bonds. The first-order chi connectivity index (χ1) is 12.5. The number of hydrogen-bond acceptors (Lipinski definition) is 4. The van der Waals surface area contributed by atoms with Gasteiger partial charge in [0.1, 0.15) is 0 Å². The number of hydrogen-bond donors (Lipinski definition) is 2. The Hall–Kier alpha value is -2.67. The van der Waals surface area contributed by atoms with E-state index in [1.54, 1.807) is 17.1 Å². The zero-order valence-corrected chi connectivity index (χ0v) is 15.1. The van der Waals surface area contributed by atoms with Gasteiger partial charge >= 0.3 is 5.97 Å². The van der Waals surface area contributed by atoms with Crippen LogP contribution in [-0.2, 0) is 4.79 Å². The molecule has 1 saturated carbocycles. The molecule has 1 fully saturated rings. The van der Waals surface area contributed by atoms with Gasteiger partial charge in [-0.1, -0.05) is 25.1 Å². The van der Waals surface area contributed by atoms with E-state index in [-0.39, 0.29) is 24.5 Å². The van der Waals surface area contributed by atoms with Crippen LogP contribution in [0, 0.1) is 6.92 Å². The van der Waals surface area contributed by atoms with E-state index in [9.17, 15) is 9.59 Å². The van der Waals surface area contributed by atoms with Crippen LogP contribution < -0.4 is 5.32 Å². The van der Waals surface area contributed by atoms with Gasteiger partial charge in [-0.2, -0.15) is 5.10 Å². The number of para-hydroxylation sites is 1. The molecule has 26 heavy (non-hydrogen) atoms. The van der Waals surface area contributed by atoms with Gasteiger partial charge in [0.05, 0.1) is 24.0 Å². The quantitative estimate of drug-likeness (QED) is 0.790. The minimum atomic E-state index is -0.817. The number of rotatable bonds is 7. The monoisotopic (exact) mass is 356 g/mol. The molecule has 7 heteroatoms. The Kier molecular flexibility index (Phi) is 5.37. The van der Waals surface area contributed by atoms with Crippen molar-refractivity contribution in [2.75, 3.05) is 13.1 Å². The first kappa shape index (κ1) is 18.1. The van der Waals surface area contributed by atoms with E-state index in [1.165, 1.54) is 0 Å². The molecule has 1 aromatic carbocycles. The molecule has 1 aromatic heterocycles. The molecule has 0 bridgehead atoms. The molecule has 1 aliphatic carbocycles. The number of nitrogens with one attached hydrogen (secondary N) is 1. The van der Waals surface area contributed by atoms with Crippen molar-refractivity contribution in [1.82, 2.24) is 20.0 Å². The number of amides is 1. The third kappa shape index (κ3) is 3.94. The fourth-order valence-corrected chi connectivity index (χ4v) is 3.34. The van der Waals surface area contributed by atoms with E-state index in [0.29, 0.717) is 12.1 Å². The topological polar surface area (TPSA) is 87.5 Å². The third-order valence-corrected chi connectivity index (χ3v) is 4.92. The highest BCUT2D eigenvalue weighted by Gasteiger charge is 2.34. The van der Waals surface area contributed by atoms with Crippen molar-refractivity contribution in [1.29, 1.82) is 0 Å². The Bertz CT molecular complexity index is 796. The fraction of sp³-hybridized carbons (Fsp3) is 0.421. The summed E-state index contributed by atoms with van der Waals surface area (Å²) in [6.45, 7) is 4.70. The van der Waals surface area contributed by atoms with Gasteiger partial charge in [-0.3, -0.25) is 14.5 Å². The molecule has 1 heterocycles. The highest BCUT2D eigenvalue weighted by Crippen LogP contribution is 2.26. The van der Waals surface area contributed by atoms with E-state index in [1.807, 2.05) is 43.0 Å². The molecule has 0 radical (unpaired) electrons. The summed E-state index contributed by atoms with van der Waals surface area (Å²) in [5, 5.41) is 16.2. The van der Waals surface area contributed by atoms with Gasteiger partial charge in [0, 0.05) is 18.3 Å². The number of aromatic nitrogens is 2. The van der Waals surface area contributed by atoms with Crippen LogP contribution >= 0.6 is 0 Å². The standard InChI is InChI=1S/C19H24N4O3/c1-3-22(12-18(24)25)16-8-15(9-16)21-19(26)14-10-20-23(11-14)17-7-5-4-6-13(17)2/h4-7,10-11,15-16H,3,8-9,12H2,1-2H3,(H,21,26)(H,24,25). The Morgan fingerprint density at radius 2 is 2.08 bits per heavy atom. The zero-order chi connectivity index (χ0) is 18.7. The highest BCUT2D eigenvalue weighted by atomic mass is 16.4. The Labute approximate surface area is 152 Å². The molecule has 3 rings (SSSR count). The largest absolute Gasteiger partial charge is 0.480 e. The number of aliphatic carboxylic acids is 1. The lowest BCUT2D eigenvalue weighted by Crippen LogP contribution is -2.54. The van der Waals surface area contributed by atoms with Gasteiger partial charge in [0.2, 0.25) is 0 Å². The first-order valence-corrected chi connectivity index (χ1v) is 8.85. The van der Waals surface area contributed by atoms with Crippen LogP contribution in [0.1, 0.15) is 35.7 Å². The average molecular weight is 356 g/mol. The minimum absolute atomic E-state index is 0.0467. The summed E-state index contributed by atoms with van der Waals surface area (Å²) in [7, 11) is 0. The lowest BCUT2D eigenvalue weighted by atomic mass is 9.85. The number of aryl methyl sites for hydroxylation is 1. The number of nitrogens with zero attached hydrogens (tertiary/aromatic N) is 3. The zero-order valence-electron chi connectivity index (χ0n) is 15.1. The van der Waals surface area contributed by atoms with Gasteiger partial charge in [-0.15, -0.1) is 0 Å². The van der Waals surface area contributed by atoms with E-state index in [2.05, 4.69) is 10.4 Å². The van der Waals surface area contributed by atoms with Gasteiger partial charge in [-0.05, 0) is 37.9 Å². The summed E-state index contributed by atoms with van der Waals surface area (Å²) in [5.41, 5.74) is 2.56. The van der Waals surface area contributed by atoms with Crippen LogP contribution in [0.25, 0.3) is 5.69 Å². The van der Waals surface area contributed by atoms with Crippen molar-refractivity contribution < 1.29 is 14.7 Å². The Balaban J connectivity index is 1.56. The summed E-state index contributed by atoms with van der Waals surface area (Å²) >= 11 is 0. The van der Waals surface area contributed by atoms with Gasteiger partial charge in [0.15, 0.2) is 0 Å². The number of likely N-dealkylation sites (N-methyl/N-ethyl adjacent to an activating group) is 1. The number of carboxylic acids is 1. The normalized spacial score (nSPS) is 19.2. The van der Waals surface area contributed by atoms with Gasteiger partial charge in [-0.25, -0.2) is 4.68 Å². The van der Waals surface area contributed by atoms with Crippen molar-refractivity contribution in [3.05, 3.63) is 47.8 Å². The fourth-order valence-electron chi connectivity index (χ4n) is 3.34. The number of benzene rings is 1. The van der Waals surface area contributed by atoms with Crippen LogP contribution in [0.15, 0.2) is 36.7 Å². The van der Waals surface area contributed by atoms with Crippen LogP contribution in [0.5, 0.6) is 0 Å². The second-order valence-electron chi connectivity index (χ2n) is 6.71. The maximum absolute atomic E-state index is 12.4. The van der Waals surface area contributed by atoms with Crippen LogP contribution in [-0.4, -0.2) is 56.8 Å². The second kappa shape index (κ2) is 7.70. The van der Waals surface area contributed by atoms with Crippen LogP contribution in [0.4, 0.5) is 0 Å². The smallest absolute Gasteiger partial charge is 0.317 e. The van der Waals surface area contributed by atoms with Crippen molar-refractivity contribution >= 4 is 11.9 Å². The second-order valence-corrected chi connectivity index (χ2v) is 6.71. The summed E-state index contributed by atoms with van der Waals surface area (Å²) in [5.74, 6) is -0.961. The van der Waals surface area contributed by atoms with Gasteiger partial charge in [0.25, 0.3) is 5.91 Å². The highest BCUT2D eigenvalue weighted by molar-refractivity contribution is 5.94. The van der Waals surface area contributed by atoms with E-state index >= 15 is 0 Å². The molecule has 2 N–H and O–H groups in total. The van der Waals surface area contributed by atoms with Crippen molar-refractivity contribution in [2.24, 2.45) is 0 Å². The van der Waals surface area contributed by atoms with Crippen LogP contribution in [0.2, 0.25) is 0 Å². The Morgan fingerprint density at radius 3 is 2.73 bits per heavy atom.